The molecule has 0 aliphatic rings. The number of phenols is 1. The summed E-state index contributed by atoms with van der Waals surface area (Å²) in [5.74, 6) is -1.48. The van der Waals surface area contributed by atoms with Crippen LogP contribution in [0, 0.1) is 0 Å². The first kappa shape index (κ1) is 14.6. The molecule has 0 aliphatic carbocycles. The molecule has 0 saturated heterocycles. The molecule has 21 heavy (non-hydrogen) atoms. The zero-order chi connectivity index (χ0) is 15.6. The Kier molecular flexibility index (Phi) is 3.93. The van der Waals surface area contributed by atoms with Crippen molar-refractivity contribution in [1.29, 1.82) is 0 Å². The van der Waals surface area contributed by atoms with Gasteiger partial charge < -0.3 is 15.5 Å². The lowest BCUT2D eigenvalue weighted by atomic mass is 10.1. The van der Waals surface area contributed by atoms with Gasteiger partial charge in [0.15, 0.2) is 0 Å². The van der Waals surface area contributed by atoms with Crippen LogP contribution in [0.3, 0.4) is 0 Å². The summed E-state index contributed by atoms with van der Waals surface area (Å²) in [6.07, 6.45) is 0. The Hall–Kier alpha value is -2.82. The zero-order valence-corrected chi connectivity index (χ0v) is 11.7. The third kappa shape index (κ3) is 2.86. The van der Waals surface area contributed by atoms with Gasteiger partial charge in [-0.3, -0.25) is 4.79 Å². The first-order chi connectivity index (χ1) is 9.91. The number of anilines is 1. The monoisotopic (exact) mass is 285 g/mol. The Morgan fingerprint density at radius 2 is 1.57 bits per heavy atom. The second-order valence-corrected chi connectivity index (χ2v) is 4.69. The first-order valence-electron chi connectivity index (χ1n) is 6.34. The molecule has 0 atom stereocenters. The molecule has 1 amide bonds. The van der Waals surface area contributed by atoms with E-state index in [9.17, 15) is 14.7 Å². The average molecular weight is 285 g/mol. The van der Waals surface area contributed by atoms with E-state index >= 15 is 0 Å². The summed E-state index contributed by atoms with van der Waals surface area (Å²) in [6.45, 7) is 2.84. The van der Waals surface area contributed by atoms with Crippen LogP contribution in [0.5, 0.6) is 5.75 Å². The number of hydrogen-bond donors (Lipinski definition) is 3. The zero-order valence-electron chi connectivity index (χ0n) is 11.7. The van der Waals surface area contributed by atoms with Crippen LogP contribution in [0.4, 0.5) is 5.69 Å². The number of aliphatic carboxylic acids is 1. The minimum atomic E-state index is -1.13. The van der Waals surface area contributed by atoms with E-state index in [0.29, 0.717) is 16.5 Å². The maximum absolute atomic E-state index is 12.1. The molecular formula is C16H15NO4. The van der Waals surface area contributed by atoms with Gasteiger partial charge in [0.25, 0.3) is 5.91 Å². The molecule has 3 N–H and O–H groups in total. The fourth-order valence-electron chi connectivity index (χ4n) is 1.95. The van der Waals surface area contributed by atoms with Crippen molar-refractivity contribution < 1.29 is 19.8 Å². The van der Waals surface area contributed by atoms with Gasteiger partial charge in [0.1, 0.15) is 5.75 Å². The van der Waals surface area contributed by atoms with Gasteiger partial charge in [-0.25, -0.2) is 4.79 Å². The molecule has 5 heteroatoms. The van der Waals surface area contributed by atoms with Crippen molar-refractivity contribution in [3.8, 4) is 5.75 Å². The number of carbonyl (C=O) groups excluding carboxylic acids is 1. The summed E-state index contributed by atoms with van der Waals surface area (Å²) in [5.41, 5.74) is 0.654. The Morgan fingerprint density at radius 1 is 0.952 bits per heavy atom. The van der Waals surface area contributed by atoms with E-state index in [1.807, 2.05) is 0 Å². The van der Waals surface area contributed by atoms with Crippen LogP contribution in [0.2, 0.25) is 0 Å². The van der Waals surface area contributed by atoms with Gasteiger partial charge in [0.2, 0.25) is 0 Å². The fourth-order valence-corrected chi connectivity index (χ4v) is 1.95. The van der Waals surface area contributed by atoms with Gasteiger partial charge in [0.05, 0.1) is 0 Å². The molecule has 0 unspecified atom stereocenters. The first-order valence-corrected chi connectivity index (χ1v) is 6.34. The summed E-state index contributed by atoms with van der Waals surface area (Å²) in [7, 11) is 0. The van der Waals surface area contributed by atoms with E-state index in [0.717, 1.165) is 0 Å². The molecule has 0 radical (unpaired) electrons. The molecule has 0 aromatic heterocycles. The van der Waals surface area contributed by atoms with Crippen molar-refractivity contribution in [1.82, 2.24) is 0 Å². The van der Waals surface area contributed by atoms with Crippen LogP contribution >= 0.6 is 0 Å². The number of aromatic hydroxyl groups is 1. The lowest BCUT2D eigenvalue weighted by Crippen LogP contribution is -2.16. The second kappa shape index (κ2) is 5.66. The van der Waals surface area contributed by atoms with Gasteiger partial charge >= 0.3 is 5.97 Å². The molecule has 0 fully saturated rings. The highest BCUT2D eigenvalue weighted by Crippen LogP contribution is 2.30. The molecule has 2 aromatic rings. The Bertz CT molecular complexity index is 762. The number of hydrogen-bond acceptors (Lipinski definition) is 3. The number of carboxylic acid groups (broad SMARTS) is 1. The minimum absolute atomic E-state index is 0.00409. The predicted octanol–water partition coefficient (Wildman–Crippen LogP) is 2.90. The highest BCUT2D eigenvalue weighted by Gasteiger charge is 2.14. The van der Waals surface area contributed by atoms with Crippen molar-refractivity contribution in [2.75, 3.05) is 5.32 Å². The summed E-state index contributed by atoms with van der Waals surface area (Å²) in [4.78, 5) is 23.0. The van der Waals surface area contributed by atoms with Crippen molar-refractivity contribution in [3.63, 3.8) is 0 Å². The number of carbonyl (C=O) groups is 2. The molecule has 0 spiro atoms. The Labute approximate surface area is 121 Å². The van der Waals surface area contributed by atoms with E-state index in [4.69, 9.17) is 5.11 Å². The standard InChI is InChI=1S/C16H15NO4/c1-9(10(2)16(20)21)15(19)17-13-7-3-6-12-11(13)5-4-8-14(12)18/h3-8,18H,1-2H3,(H,17,19)(H,20,21). The predicted molar refractivity (Wildman–Crippen MR) is 80.3 cm³/mol. The molecule has 5 nitrogen and oxygen atoms in total. The molecule has 108 valence electrons. The normalized spacial score (nSPS) is 11.9. The van der Waals surface area contributed by atoms with E-state index < -0.39 is 11.9 Å². The molecule has 0 bridgehead atoms. The molecule has 0 saturated carbocycles. The van der Waals surface area contributed by atoms with Crippen LogP contribution in [-0.2, 0) is 9.59 Å². The van der Waals surface area contributed by atoms with Gasteiger partial charge in [-0.2, -0.15) is 0 Å². The van der Waals surface area contributed by atoms with Crippen molar-refractivity contribution in [2.45, 2.75) is 13.8 Å². The molecule has 0 aliphatic heterocycles. The van der Waals surface area contributed by atoms with Gasteiger partial charge in [-0.1, -0.05) is 24.3 Å². The van der Waals surface area contributed by atoms with Gasteiger partial charge in [-0.05, 0) is 26.0 Å². The number of phenolic OH excluding ortho intramolecular Hbond substituents is 1. The summed E-state index contributed by atoms with van der Waals surface area (Å²) in [6, 6.07) is 10.2. The Balaban J connectivity index is 2.41. The van der Waals surface area contributed by atoms with E-state index in [-0.39, 0.29) is 16.9 Å². The van der Waals surface area contributed by atoms with Crippen molar-refractivity contribution in [3.05, 3.63) is 47.5 Å². The van der Waals surface area contributed by atoms with Crippen molar-refractivity contribution >= 4 is 28.3 Å². The summed E-state index contributed by atoms with van der Waals surface area (Å²) >= 11 is 0. The fraction of sp³-hybridized carbons (Fsp3) is 0.125. The largest absolute Gasteiger partial charge is 0.507 e. The number of amides is 1. The maximum Gasteiger partial charge on any atom is 0.331 e. The van der Waals surface area contributed by atoms with E-state index in [2.05, 4.69) is 5.32 Å². The number of fused-ring (bicyclic) bond motifs is 1. The van der Waals surface area contributed by atoms with Crippen LogP contribution < -0.4 is 5.32 Å². The minimum Gasteiger partial charge on any atom is -0.507 e. The highest BCUT2D eigenvalue weighted by molar-refractivity contribution is 6.11. The van der Waals surface area contributed by atoms with E-state index in [1.165, 1.54) is 13.8 Å². The van der Waals surface area contributed by atoms with Gasteiger partial charge in [0, 0.05) is 27.6 Å². The Morgan fingerprint density at radius 3 is 2.24 bits per heavy atom. The smallest absolute Gasteiger partial charge is 0.331 e. The molecule has 0 heterocycles. The number of nitrogens with one attached hydrogen (secondary N) is 1. The molecular weight excluding hydrogens is 270 g/mol. The summed E-state index contributed by atoms with van der Waals surface area (Å²) < 4.78 is 0. The van der Waals surface area contributed by atoms with Crippen LogP contribution in [0.1, 0.15) is 13.8 Å². The van der Waals surface area contributed by atoms with Crippen LogP contribution in [-0.4, -0.2) is 22.1 Å². The van der Waals surface area contributed by atoms with Crippen LogP contribution in [0.25, 0.3) is 10.8 Å². The lowest BCUT2D eigenvalue weighted by Gasteiger charge is -2.10. The SMILES string of the molecule is CC(C(=O)O)=C(C)C(=O)Nc1cccc2c(O)cccc12. The van der Waals surface area contributed by atoms with Gasteiger partial charge in [-0.15, -0.1) is 0 Å². The summed E-state index contributed by atoms with van der Waals surface area (Å²) in [5, 5.41) is 22.7. The third-order valence-electron chi connectivity index (χ3n) is 3.37. The van der Waals surface area contributed by atoms with Crippen LogP contribution in [0.15, 0.2) is 47.5 Å². The quantitative estimate of drug-likeness (QED) is 0.757. The lowest BCUT2D eigenvalue weighted by molar-refractivity contribution is -0.133. The number of rotatable bonds is 3. The highest BCUT2D eigenvalue weighted by atomic mass is 16.4. The second-order valence-electron chi connectivity index (χ2n) is 4.69. The van der Waals surface area contributed by atoms with Crippen molar-refractivity contribution in [2.24, 2.45) is 0 Å². The average Bonchev–Trinajstić information content (AvgIpc) is 2.46. The number of carboxylic acids is 1. The topological polar surface area (TPSA) is 86.6 Å². The molecule has 2 aromatic carbocycles. The number of benzene rings is 2. The third-order valence-corrected chi connectivity index (χ3v) is 3.37. The van der Waals surface area contributed by atoms with E-state index in [1.54, 1.807) is 36.4 Å². The molecule has 2 rings (SSSR count). The maximum atomic E-state index is 12.1.